The molecule has 1 saturated carbocycles. The molecule has 1 aromatic carbocycles. The van der Waals surface area contributed by atoms with Gasteiger partial charge in [-0.25, -0.2) is 0 Å². The summed E-state index contributed by atoms with van der Waals surface area (Å²) in [5, 5.41) is -0.686. The van der Waals surface area contributed by atoms with E-state index in [1.54, 1.807) is 0 Å². The number of hydrogen-bond donors (Lipinski definition) is 2. The third-order valence-electron chi connectivity index (χ3n) is 3.88. The Morgan fingerprint density at radius 2 is 1.86 bits per heavy atom. The fourth-order valence-corrected chi connectivity index (χ4v) is 4.16. The van der Waals surface area contributed by atoms with Gasteiger partial charge in [0.05, 0.1) is 18.5 Å². The zero-order valence-electron chi connectivity index (χ0n) is 12.3. The van der Waals surface area contributed by atoms with Crippen molar-refractivity contribution in [1.82, 2.24) is 0 Å². The first-order valence-corrected chi connectivity index (χ1v) is 9.53. The van der Waals surface area contributed by atoms with Gasteiger partial charge in [0, 0.05) is 11.7 Å². The van der Waals surface area contributed by atoms with Gasteiger partial charge in [0.15, 0.2) is 0 Å². The Hall–Kier alpha value is -0.760. The average molecular weight is 346 g/mol. The largest absolute Gasteiger partial charge is 0.491 e. The molecule has 0 radical (unpaired) electrons. The van der Waals surface area contributed by atoms with Crippen LogP contribution < -0.4 is 4.74 Å². The van der Waals surface area contributed by atoms with Gasteiger partial charge in [-0.2, -0.15) is 21.0 Å². The quantitative estimate of drug-likeness (QED) is 0.430. The number of hydrogen-bond acceptors (Lipinski definition) is 5. The van der Waals surface area contributed by atoms with E-state index in [1.165, 1.54) is 0 Å². The lowest BCUT2D eigenvalue weighted by Crippen LogP contribution is -2.23. The summed E-state index contributed by atoms with van der Waals surface area (Å²) in [7, 11) is -3.99. The Morgan fingerprint density at radius 1 is 1.14 bits per heavy atom. The van der Waals surface area contributed by atoms with Crippen molar-refractivity contribution in [2.24, 2.45) is 0 Å². The van der Waals surface area contributed by atoms with Crippen LogP contribution >= 0.6 is 12.6 Å². The van der Waals surface area contributed by atoms with E-state index in [1.807, 2.05) is 24.3 Å². The predicted octanol–water partition coefficient (Wildman–Crippen LogP) is 2.54. The fraction of sp³-hybridized carbons (Fsp3) is 0.600. The monoisotopic (exact) mass is 346 g/mol. The first kappa shape index (κ1) is 17.6. The van der Waals surface area contributed by atoms with Gasteiger partial charge < -0.3 is 9.47 Å². The SMILES string of the molecule is O=S(=O)(O)C1CCCC1c1ccc(OCCOCCS)cc1. The molecule has 1 N–H and O–H groups in total. The van der Waals surface area contributed by atoms with Gasteiger partial charge >= 0.3 is 0 Å². The minimum Gasteiger partial charge on any atom is -0.491 e. The van der Waals surface area contributed by atoms with Gasteiger partial charge in [0.25, 0.3) is 10.1 Å². The molecular formula is C15H22O5S2. The maximum absolute atomic E-state index is 11.4. The second-order valence-electron chi connectivity index (χ2n) is 5.34. The molecule has 0 spiro atoms. The van der Waals surface area contributed by atoms with Crippen LogP contribution in [0.25, 0.3) is 0 Å². The van der Waals surface area contributed by atoms with E-state index in [0.29, 0.717) is 32.0 Å². The second kappa shape index (κ2) is 8.19. The molecule has 124 valence electrons. The molecular weight excluding hydrogens is 324 g/mol. The van der Waals surface area contributed by atoms with Crippen molar-refractivity contribution in [1.29, 1.82) is 0 Å². The normalized spacial score (nSPS) is 21.9. The van der Waals surface area contributed by atoms with Crippen LogP contribution in [0.2, 0.25) is 0 Å². The minimum atomic E-state index is -3.99. The molecule has 0 aliphatic heterocycles. The maximum Gasteiger partial charge on any atom is 0.268 e. The molecule has 2 atom stereocenters. The van der Waals surface area contributed by atoms with Crippen molar-refractivity contribution in [2.75, 3.05) is 25.6 Å². The van der Waals surface area contributed by atoms with Crippen LogP contribution in [0, 0.1) is 0 Å². The highest BCUT2D eigenvalue weighted by atomic mass is 32.2. The van der Waals surface area contributed by atoms with Crippen LogP contribution in [0.1, 0.15) is 30.7 Å². The zero-order valence-corrected chi connectivity index (χ0v) is 14.1. The predicted molar refractivity (Wildman–Crippen MR) is 88.5 cm³/mol. The van der Waals surface area contributed by atoms with Gasteiger partial charge in [0.2, 0.25) is 0 Å². The van der Waals surface area contributed by atoms with Gasteiger partial charge in [0.1, 0.15) is 12.4 Å². The van der Waals surface area contributed by atoms with Gasteiger partial charge in [-0.1, -0.05) is 18.6 Å². The third-order valence-corrected chi connectivity index (χ3v) is 5.39. The molecule has 2 rings (SSSR count). The minimum absolute atomic E-state index is 0.136. The Balaban J connectivity index is 1.91. The topological polar surface area (TPSA) is 72.8 Å². The van der Waals surface area contributed by atoms with E-state index >= 15 is 0 Å². The molecule has 0 amide bonds. The summed E-state index contributed by atoms with van der Waals surface area (Å²) in [6, 6.07) is 7.40. The average Bonchev–Trinajstić information content (AvgIpc) is 2.97. The van der Waals surface area contributed by atoms with E-state index in [-0.39, 0.29) is 5.92 Å². The number of rotatable bonds is 8. The smallest absolute Gasteiger partial charge is 0.268 e. The molecule has 2 unspecified atom stereocenters. The van der Waals surface area contributed by atoms with E-state index in [2.05, 4.69) is 12.6 Å². The van der Waals surface area contributed by atoms with Crippen LogP contribution in [0.3, 0.4) is 0 Å². The van der Waals surface area contributed by atoms with Crippen LogP contribution in [0.4, 0.5) is 0 Å². The molecule has 1 aliphatic rings. The summed E-state index contributed by atoms with van der Waals surface area (Å²) < 4.78 is 43.0. The van der Waals surface area contributed by atoms with Crippen LogP contribution in [0.5, 0.6) is 5.75 Å². The van der Waals surface area contributed by atoms with Crippen molar-refractivity contribution >= 4 is 22.7 Å². The van der Waals surface area contributed by atoms with Crippen molar-refractivity contribution < 1.29 is 22.4 Å². The zero-order chi connectivity index (χ0) is 16.0. The van der Waals surface area contributed by atoms with Crippen molar-refractivity contribution in [3.05, 3.63) is 29.8 Å². The van der Waals surface area contributed by atoms with E-state index < -0.39 is 15.4 Å². The van der Waals surface area contributed by atoms with Crippen molar-refractivity contribution in [2.45, 2.75) is 30.4 Å². The Kier molecular flexibility index (Phi) is 6.55. The number of ether oxygens (including phenoxy) is 2. The van der Waals surface area contributed by atoms with E-state index in [0.717, 1.165) is 24.2 Å². The third kappa shape index (κ3) is 4.87. The highest BCUT2D eigenvalue weighted by Crippen LogP contribution is 2.38. The molecule has 1 aliphatic carbocycles. The van der Waals surface area contributed by atoms with Gasteiger partial charge in [-0.15, -0.1) is 0 Å². The summed E-state index contributed by atoms with van der Waals surface area (Å²) in [4.78, 5) is 0. The molecule has 0 aromatic heterocycles. The lowest BCUT2D eigenvalue weighted by atomic mass is 9.97. The van der Waals surface area contributed by atoms with Gasteiger partial charge in [-0.05, 0) is 30.5 Å². The summed E-state index contributed by atoms with van der Waals surface area (Å²) in [5.74, 6) is 1.27. The Morgan fingerprint density at radius 3 is 2.50 bits per heavy atom. The van der Waals surface area contributed by atoms with E-state index in [9.17, 15) is 13.0 Å². The maximum atomic E-state index is 11.4. The molecule has 0 saturated heterocycles. The highest BCUT2D eigenvalue weighted by Gasteiger charge is 2.37. The Bertz CT molecular complexity index is 556. The second-order valence-corrected chi connectivity index (χ2v) is 7.43. The van der Waals surface area contributed by atoms with Crippen molar-refractivity contribution in [3.63, 3.8) is 0 Å². The molecule has 0 bridgehead atoms. The highest BCUT2D eigenvalue weighted by molar-refractivity contribution is 7.86. The van der Waals surface area contributed by atoms with Gasteiger partial charge in [-0.3, -0.25) is 4.55 Å². The standard InChI is InChI=1S/C15H22O5S2/c16-22(17,18)15-3-1-2-14(15)12-4-6-13(7-5-12)20-9-8-19-10-11-21/h4-7,14-15,21H,1-3,8-11H2,(H,16,17,18). The number of benzene rings is 1. The summed E-state index contributed by atoms with van der Waals surface area (Å²) in [6.45, 7) is 1.57. The first-order chi connectivity index (χ1) is 10.5. The Labute approximate surface area is 137 Å². The lowest BCUT2D eigenvalue weighted by Gasteiger charge is -2.17. The van der Waals surface area contributed by atoms with Crippen molar-refractivity contribution in [3.8, 4) is 5.75 Å². The molecule has 0 heterocycles. The summed E-state index contributed by atoms with van der Waals surface area (Å²) in [6.07, 6.45) is 2.11. The lowest BCUT2D eigenvalue weighted by molar-refractivity contribution is 0.112. The molecule has 7 heteroatoms. The van der Waals surface area contributed by atoms with Crippen LogP contribution in [-0.2, 0) is 14.9 Å². The van der Waals surface area contributed by atoms with Crippen LogP contribution in [-0.4, -0.2) is 43.8 Å². The number of thiol groups is 1. The summed E-state index contributed by atoms with van der Waals surface area (Å²) in [5.41, 5.74) is 0.929. The first-order valence-electron chi connectivity index (χ1n) is 7.40. The summed E-state index contributed by atoms with van der Waals surface area (Å²) >= 11 is 4.05. The fourth-order valence-electron chi connectivity index (χ4n) is 2.86. The molecule has 1 aromatic rings. The van der Waals surface area contributed by atoms with E-state index in [4.69, 9.17) is 9.47 Å². The molecule has 5 nitrogen and oxygen atoms in total. The molecule has 1 fully saturated rings. The van der Waals surface area contributed by atoms with Crippen LogP contribution in [0.15, 0.2) is 24.3 Å². The molecule has 22 heavy (non-hydrogen) atoms.